The number of aromatic carboxylic acids is 1. The molecule has 6 heteroatoms. The lowest BCUT2D eigenvalue weighted by atomic mass is 10.2. The van der Waals surface area contributed by atoms with Crippen LogP contribution in [-0.2, 0) is 0 Å². The van der Waals surface area contributed by atoms with Crippen LogP contribution in [0.25, 0.3) is 0 Å². The number of hydrogen-bond donors (Lipinski definition) is 2. The summed E-state index contributed by atoms with van der Waals surface area (Å²) in [6, 6.07) is 0.153. The molecule has 0 amide bonds. The van der Waals surface area contributed by atoms with Crippen molar-refractivity contribution in [2.75, 3.05) is 26.0 Å². The molecular formula is C12H20N4O2. The van der Waals surface area contributed by atoms with Crippen LogP contribution in [0.4, 0.5) is 5.82 Å². The highest BCUT2D eigenvalue weighted by Crippen LogP contribution is 2.13. The van der Waals surface area contributed by atoms with Crippen molar-refractivity contribution in [3.05, 3.63) is 17.6 Å². The van der Waals surface area contributed by atoms with Gasteiger partial charge in [-0.25, -0.2) is 14.8 Å². The van der Waals surface area contributed by atoms with Crippen molar-refractivity contribution in [3.8, 4) is 0 Å². The Balaban J connectivity index is 2.76. The number of rotatable bonds is 6. The van der Waals surface area contributed by atoms with E-state index in [1.54, 1.807) is 6.92 Å². The van der Waals surface area contributed by atoms with Crippen molar-refractivity contribution >= 4 is 11.8 Å². The topological polar surface area (TPSA) is 78.3 Å². The van der Waals surface area contributed by atoms with Gasteiger partial charge in [-0.3, -0.25) is 0 Å². The Labute approximate surface area is 107 Å². The highest BCUT2D eigenvalue weighted by atomic mass is 16.4. The molecule has 0 radical (unpaired) electrons. The Morgan fingerprint density at radius 3 is 2.78 bits per heavy atom. The Morgan fingerprint density at radius 1 is 1.56 bits per heavy atom. The molecule has 0 aliphatic rings. The molecule has 1 atom stereocenters. The second kappa shape index (κ2) is 6.30. The molecule has 0 aliphatic heterocycles. The van der Waals surface area contributed by atoms with Gasteiger partial charge in [-0.05, 0) is 40.9 Å². The third-order valence-electron chi connectivity index (χ3n) is 2.53. The molecule has 0 saturated heterocycles. The monoisotopic (exact) mass is 252 g/mol. The molecule has 0 aliphatic carbocycles. The van der Waals surface area contributed by atoms with Gasteiger partial charge in [0.1, 0.15) is 17.2 Å². The minimum atomic E-state index is -1.02. The standard InChI is InChI=1S/C12H20N4O2/c1-8(5-6-16(3)4)14-11-10(12(17)18)7-13-9(2)15-11/h7-8H,5-6H2,1-4H3,(H,17,18)(H,13,14,15). The van der Waals surface area contributed by atoms with Gasteiger partial charge in [0.05, 0.1) is 0 Å². The van der Waals surface area contributed by atoms with E-state index in [0.717, 1.165) is 13.0 Å². The zero-order chi connectivity index (χ0) is 13.7. The molecule has 1 aromatic heterocycles. The molecule has 1 aromatic rings. The van der Waals surface area contributed by atoms with Crippen molar-refractivity contribution in [2.45, 2.75) is 26.3 Å². The number of aromatic nitrogens is 2. The molecule has 6 nitrogen and oxygen atoms in total. The lowest BCUT2D eigenvalue weighted by molar-refractivity contribution is 0.0697. The largest absolute Gasteiger partial charge is 0.477 e. The summed E-state index contributed by atoms with van der Waals surface area (Å²) in [5.74, 6) is -0.0686. The predicted molar refractivity (Wildman–Crippen MR) is 70.0 cm³/mol. The molecule has 2 N–H and O–H groups in total. The molecule has 1 rings (SSSR count). The maximum Gasteiger partial charge on any atom is 0.341 e. The van der Waals surface area contributed by atoms with E-state index >= 15 is 0 Å². The first-order valence-electron chi connectivity index (χ1n) is 5.88. The first-order chi connectivity index (χ1) is 8.40. The van der Waals surface area contributed by atoms with E-state index < -0.39 is 5.97 Å². The second-order valence-corrected chi connectivity index (χ2v) is 4.62. The van der Waals surface area contributed by atoms with Crippen LogP contribution in [0.3, 0.4) is 0 Å². The molecule has 100 valence electrons. The Hall–Kier alpha value is -1.69. The number of nitrogens with zero attached hydrogens (tertiary/aromatic N) is 3. The van der Waals surface area contributed by atoms with Crippen LogP contribution < -0.4 is 5.32 Å². The highest BCUT2D eigenvalue weighted by Gasteiger charge is 2.14. The molecule has 0 saturated carbocycles. The van der Waals surface area contributed by atoms with Crippen molar-refractivity contribution in [1.29, 1.82) is 0 Å². The van der Waals surface area contributed by atoms with E-state index in [2.05, 4.69) is 20.2 Å². The number of aryl methyl sites for hydroxylation is 1. The van der Waals surface area contributed by atoms with Crippen LogP contribution >= 0.6 is 0 Å². The Morgan fingerprint density at radius 2 is 2.22 bits per heavy atom. The molecule has 0 bridgehead atoms. The highest BCUT2D eigenvalue weighted by molar-refractivity contribution is 5.92. The lowest BCUT2D eigenvalue weighted by Gasteiger charge is -2.18. The van der Waals surface area contributed by atoms with E-state index in [-0.39, 0.29) is 11.6 Å². The van der Waals surface area contributed by atoms with E-state index in [4.69, 9.17) is 5.11 Å². The molecule has 1 heterocycles. The molecule has 0 spiro atoms. The number of anilines is 1. The maximum atomic E-state index is 11.1. The molecule has 1 unspecified atom stereocenters. The first-order valence-corrected chi connectivity index (χ1v) is 5.88. The average Bonchev–Trinajstić information content (AvgIpc) is 2.26. The molecule has 0 fully saturated rings. The SMILES string of the molecule is Cc1ncc(C(=O)O)c(NC(C)CCN(C)C)n1. The van der Waals surface area contributed by atoms with Gasteiger partial charge < -0.3 is 15.3 Å². The minimum Gasteiger partial charge on any atom is -0.477 e. The van der Waals surface area contributed by atoms with Gasteiger partial charge in [0, 0.05) is 12.2 Å². The summed E-state index contributed by atoms with van der Waals surface area (Å²) < 4.78 is 0. The second-order valence-electron chi connectivity index (χ2n) is 4.62. The summed E-state index contributed by atoms with van der Waals surface area (Å²) >= 11 is 0. The molecule has 18 heavy (non-hydrogen) atoms. The van der Waals surface area contributed by atoms with Crippen molar-refractivity contribution in [3.63, 3.8) is 0 Å². The fraction of sp³-hybridized carbons (Fsp3) is 0.583. The van der Waals surface area contributed by atoms with Gasteiger partial charge in [-0.15, -0.1) is 0 Å². The van der Waals surface area contributed by atoms with Crippen molar-refractivity contribution in [1.82, 2.24) is 14.9 Å². The average molecular weight is 252 g/mol. The predicted octanol–water partition coefficient (Wildman–Crippen LogP) is 1.24. The normalized spacial score (nSPS) is 12.5. The first kappa shape index (κ1) is 14.4. The summed E-state index contributed by atoms with van der Waals surface area (Å²) in [5.41, 5.74) is 0.109. The van der Waals surface area contributed by atoms with Gasteiger partial charge in [-0.1, -0.05) is 0 Å². The number of carboxylic acid groups (broad SMARTS) is 1. The minimum absolute atomic E-state index is 0.109. The zero-order valence-corrected chi connectivity index (χ0v) is 11.3. The summed E-state index contributed by atoms with van der Waals surface area (Å²) in [4.78, 5) is 21.2. The van der Waals surface area contributed by atoms with Crippen LogP contribution in [0.15, 0.2) is 6.20 Å². The van der Waals surface area contributed by atoms with Gasteiger partial charge in [0.15, 0.2) is 0 Å². The van der Waals surface area contributed by atoms with Gasteiger partial charge in [0.25, 0.3) is 0 Å². The maximum absolute atomic E-state index is 11.1. The zero-order valence-electron chi connectivity index (χ0n) is 11.3. The summed E-state index contributed by atoms with van der Waals surface area (Å²) in [7, 11) is 4.01. The number of carboxylic acids is 1. The van der Waals surface area contributed by atoms with Crippen LogP contribution in [-0.4, -0.2) is 52.6 Å². The Kier molecular flexibility index (Phi) is 5.03. The quantitative estimate of drug-likeness (QED) is 0.793. The molecular weight excluding hydrogens is 232 g/mol. The van der Waals surface area contributed by atoms with E-state index in [1.807, 2.05) is 21.0 Å². The van der Waals surface area contributed by atoms with Gasteiger partial charge in [0.2, 0.25) is 0 Å². The van der Waals surface area contributed by atoms with Crippen LogP contribution in [0.2, 0.25) is 0 Å². The third kappa shape index (κ3) is 4.29. The summed E-state index contributed by atoms with van der Waals surface area (Å²) in [6.45, 7) is 4.68. The summed E-state index contributed by atoms with van der Waals surface area (Å²) in [6.07, 6.45) is 2.25. The Bertz CT molecular complexity index is 421. The van der Waals surface area contributed by atoms with Gasteiger partial charge in [-0.2, -0.15) is 0 Å². The smallest absolute Gasteiger partial charge is 0.341 e. The van der Waals surface area contributed by atoms with Crippen LogP contribution in [0.1, 0.15) is 29.5 Å². The molecule has 0 aromatic carbocycles. The lowest BCUT2D eigenvalue weighted by Crippen LogP contribution is -2.24. The van der Waals surface area contributed by atoms with Crippen LogP contribution in [0, 0.1) is 6.92 Å². The summed E-state index contributed by atoms with van der Waals surface area (Å²) in [5, 5.41) is 12.2. The number of hydrogen-bond acceptors (Lipinski definition) is 5. The van der Waals surface area contributed by atoms with Crippen molar-refractivity contribution < 1.29 is 9.90 Å². The number of nitrogens with one attached hydrogen (secondary N) is 1. The van der Waals surface area contributed by atoms with Crippen molar-refractivity contribution in [2.24, 2.45) is 0 Å². The van der Waals surface area contributed by atoms with Gasteiger partial charge >= 0.3 is 5.97 Å². The fourth-order valence-electron chi connectivity index (χ4n) is 1.49. The van der Waals surface area contributed by atoms with Crippen LogP contribution in [0.5, 0.6) is 0 Å². The van der Waals surface area contributed by atoms with E-state index in [1.165, 1.54) is 6.20 Å². The number of carbonyl (C=O) groups is 1. The van der Waals surface area contributed by atoms with E-state index in [9.17, 15) is 4.79 Å². The van der Waals surface area contributed by atoms with E-state index in [0.29, 0.717) is 11.6 Å². The fourth-order valence-corrected chi connectivity index (χ4v) is 1.49. The third-order valence-corrected chi connectivity index (χ3v) is 2.53.